The van der Waals surface area contributed by atoms with E-state index >= 15 is 0 Å². The molecule has 1 aliphatic carbocycles. The average Bonchev–Trinajstić information content (AvgIpc) is 3.04. The Balaban J connectivity index is 1.67. The smallest absolute Gasteiger partial charge is 0.142 e. The average molecular weight is 386 g/mol. The predicted octanol–water partition coefficient (Wildman–Crippen LogP) is 4.66. The first-order chi connectivity index (χ1) is 12.7. The van der Waals surface area contributed by atoms with E-state index in [-0.39, 0.29) is 0 Å². The summed E-state index contributed by atoms with van der Waals surface area (Å²) in [6.45, 7) is 2.29. The Kier molecular flexibility index (Phi) is 5.43. The van der Waals surface area contributed by atoms with Gasteiger partial charge in [-0.15, -0.1) is 23.1 Å². The summed E-state index contributed by atoms with van der Waals surface area (Å²) in [4.78, 5) is 13.5. The van der Waals surface area contributed by atoms with Gasteiger partial charge in [0.25, 0.3) is 0 Å². The van der Waals surface area contributed by atoms with Gasteiger partial charge in [-0.25, -0.2) is 9.97 Å². The van der Waals surface area contributed by atoms with Crippen LogP contribution in [0, 0.1) is 0 Å². The second kappa shape index (κ2) is 7.94. The lowest BCUT2D eigenvalue weighted by Gasteiger charge is -2.14. The molecule has 26 heavy (non-hydrogen) atoms. The lowest BCUT2D eigenvalue weighted by molar-refractivity contribution is 0.208. The zero-order chi connectivity index (χ0) is 17.9. The Morgan fingerprint density at radius 2 is 2.00 bits per heavy atom. The number of aliphatic hydroxyl groups is 1. The number of aryl methyl sites for hydroxylation is 2. The van der Waals surface area contributed by atoms with Gasteiger partial charge in [0.2, 0.25) is 0 Å². The number of thioether (sulfide) groups is 1. The molecule has 0 spiro atoms. The minimum Gasteiger partial charge on any atom is -0.392 e. The molecule has 4 rings (SSSR count). The van der Waals surface area contributed by atoms with E-state index in [1.54, 1.807) is 18.7 Å². The molecule has 0 saturated carbocycles. The molecule has 0 amide bonds. The molecule has 0 radical (unpaired) electrons. The molecule has 2 N–H and O–H groups in total. The van der Waals surface area contributed by atoms with Gasteiger partial charge in [0.05, 0.1) is 17.2 Å². The maximum Gasteiger partial charge on any atom is 0.142 e. The van der Waals surface area contributed by atoms with Gasteiger partial charge in [-0.2, -0.15) is 0 Å². The standard InChI is InChI=1S/C20H23N3OS2/c1-13(24)11-21-19-18-15-9-5-6-10-16(15)26-20(18)23-17(22-19)12-25-14-7-3-2-4-8-14/h2-4,7-8,13,24H,5-6,9-12H2,1H3,(H,21,22,23). The predicted molar refractivity (Wildman–Crippen MR) is 110 cm³/mol. The minimum absolute atomic E-state index is 0.406. The molecule has 0 bridgehead atoms. The minimum atomic E-state index is -0.406. The van der Waals surface area contributed by atoms with Crippen molar-refractivity contribution in [2.24, 2.45) is 0 Å². The summed E-state index contributed by atoms with van der Waals surface area (Å²) in [6.07, 6.45) is 4.36. The number of nitrogens with zero attached hydrogens (tertiary/aromatic N) is 2. The highest BCUT2D eigenvalue weighted by Gasteiger charge is 2.21. The van der Waals surface area contributed by atoms with E-state index in [2.05, 4.69) is 29.6 Å². The fourth-order valence-electron chi connectivity index (χ4n) is 3.30. The lowest BCUT2D eigenvalue weighted by Crippen LogP contribution is -2.17. The first-order valence-electron chi connectivity index (χ1n) is 9.11. The second-order valence-electron chi connectivity index (χ2n) is 6.71. The molecule has 1 unspecified atom stereocenters. The van der Waals surface area contributed by atoms with E-state index < -0.39 is 6.10 Å². The summed E-state index contributed by atoms with van der Waals surface area (Å²) in [5.41, 5.74) is 1.42. The van der Waals surface area contributed by atoms with Crippen LogP contribution in [0.1, 0.15) is 36.0 Å². The van der Waals surface area contributed by atoms with Crippen LogP contribution in [0.3, 0.4) is 0 Å². The van der Waals surface area contributed by atoms with E-state index in [4.69, 9.17) is 9.97 Å². The normalized spacial score (nSPS) is 15.0. The van der Waals surface area contributed by atoms with Crippen molar-refractivity contribution in [2.45, 2.75) is 49.4 Å². The van der Waals surface area contributed by atoms with Crippen molar-refractivity contribution in [1.29, 1.82) is 0 Å². The van der Waals surface area contributed by atoms with Gasteiger partial charge < -0.3 is 10.4 Å². The zero-order valence-corrected chi connectivity index (χ0v) is 16.5. The molecule has 136 valence electrons. The lowest BCUT2D eigenvalue weighted by atomic mass is 9.97. The van der Waals surface area contributed by atoms with Crippen molar-refractivity contribution in [3.05, 3.63) is 46.6 Å². The third-order valence-electron chi connectivity index (χ3n) is 4.54. The summed E-state index contributed by atoms with van der Waals surface area (Å²) in [5.74, 6) is 2.48. The van der Waals surface area contributed by atoms with Crippen LogP contribution in [0.2, 0.25) is 0 Å². The number of nitrogens with one attached hydrogen (secondary N) is 1. The van der Waals surface area contributed by atoms with E-state index in [9.17, 15) is 5.11 Å². The number of benzene rings is 1. The van der Waals surface area contributed by atoms with Crippen LogP contribution in [0.4, 0.5) is 5.82 Å². The maximum absolute atomic E-state index is 9.69. The first-order valence-corrected chi connectivity index (χ1v) is 10.9. The van der Waals surface area contributed by atoms with Gasteiger partial charge >= 0.3 is 0 Å². The number of rotatable bonds is 6. The molecule has 2 aromatic heterocycles. The fraction of sp³-hybridized carbons (Fsp3) is 0.400. The number of thiophene rings is 1. The molecule has 1 aliphatic rings. The molecule has 0 fully saturated rings. The number of hydrogen-bond acceptors (Lipinski definition) is 6. The van der Waals surface area contributed by atoms with Crippen molar-refractivity contribution < 1.29 is 5.11 Å². The quantitative estimate of drug-likeness (QED) is 0.605. The summed E-state index contributed by atoms with van der Waals surface area (Å²) in [7, 11) is 0. The van der Waals surface area contributed by atoms with E-state index in [1.165, 1.54) is 33.6 Å². The van der Waals surface area contributed by atoms with Crippen molar-refractivity contribution in [2.75, 3.05) is 11.9 Å². The summed E-state index contributed by atoms with van der Waals surface area (Å²) >= 11 is 3.57. The Hall–Kier alpha value is -1.63. The summed E-state index contributed by atoms with van der Waals surface area (Å²) in [6, 6.07) is 10.4. The van der Waals surface area contributed by atoms with Gasteiger partial charge in [0, 0.05) is 16.3 Å². The SMILES string of the molecule is CC(O)CNc1nc(CSc2ccccc2)nc2sc3c(c12)CCCC3. The van der Waals surface area contributed by atoms with Crippen LogP contribution >= 0.6 is 23.1 Å². The van der Waals surface area contributed by atoms with Crippen LogP contribution in [0.25, 0.3) is 10.2 Å². The van der Waals surface area contributed by atoms with Crippen LogP contribution in [-0.4, -0.2) is 27.7 Å². The highest BCUT2D eigenvalue weighted by molar-refractivity contribution is 7.98. The highest BCUT2D eigenvalue weighted by atomic mass is 32.2. The van der Waals surface area contributed by atoms with Crippen LogP contribution < -0.4 is 5.32 Å². The number of hydrogen-bond donors (Lipinski definition) is 2. The Bertz CT molecular complexity index is 893. The molecule has 3 aromatic rings. The number of aromatic nitrogens is 2. The monoisotopic (exact) mass is 385 g/mol. The van der Waals surface area contributed by atoms with Gasteiger partial charge in [0.1, 0.15) is 16.5 Å². The maximum atomic E-state index is 9.69. The zero-order valence-electron chi connectivity index (χ0n) is 14.9. The largest absolute Gasteiger partial charge is 0.392 e. The van der Waals surface area contributed by atoms with Crippen LogP contribution in [0.15, 0.2) is 35.2 Å². The molecule has 1 aromatic carbocycles. The second-order valence-corrected chi connectivity index (χ2v) is 8.84. The fourth-order valence-corrected chi connectivity index (χ4v) is 5.36. The third kappa shape index (κ3) is 3.87. The van der Waals surface area contributed by atoms with Gasteiger partial charge in [-0.3, -0.25) is 0 Å². The molecule has 2 heterocycles. The van der Waals surface area contributed by atoms with Crippen molar-refractivity contribution >= 4 is 39.1 Å². The number of fused-ring (bicyclic) bond motifs is 3. The van der Waals surface area contributed by atoms with Crippen molar-refractivity contribution in [3.63, 3.8) is 0 Å². The van der Waals surface area contributed by atoms with Crippen LogP contribution in [-0.2, 0) is 18.6 Å². The molecule has 0 aliphatic heterocycles. The number of aliphatic hydroxyl groups excluding tert-OH is 1. The molecular formula is C20H23N3OS2. The first kappa shape index (κ1) is 17.8. The van der Waals surface area contributed by atoms with Crippen LogP contribution in [0.5, 0.6) is 0 Å². The topological polar surface area (TPSA) is 58.0 Å². The van der Waals surface area contributed by atoms with E-state index in [0.29, 0.717) is 6.54 Å². The van der Waals surface area contributed by atoms with Crippen molar-refractivity contribution in [3.8, 4) is 0 Å². The van der Waals surface area contributed by atoms with Crippen molar-refractivity contribution in [1.82, 2.24) is 9.97 Å². The molecular weight excluding hydrogens is 362 g/mol. The molecule has 1 atom stereocenters. The van der Waals surface area contributed by atoms with E-state index in [0.717, 1.165) is 35.1 Å². The summed E-state index contributed by atoms with van der Waals surface area (Å²) in [5, 5.41) is 14.2. The Labute approximate surface area is 162 Å². The van der Waals surface area contributed by atoms with Gasteiger partial charge in [-0.05, 0) is 50.3 Å². The third-order valence-corrected chi connectivity index (χ3v) is 6.73. The highest BCUT2D eigenvalue weighted by Crippen LogP contribution is 2.39. The Morgan fingerprint density at radius 3 is 2.81 bits per heavy atom. The van der Waals surface area contributed by atoms with Gasteiger partial charge in [0.15, 0.2) is 0 Å². The summed E-state index contributed by atoms with van der Waals surface area (Å²) < 4.78 is 0. The molecule has 4 nitrogen and oxygen atoms in total. The van der Waals surface area contributed by atoms with Gasteiger partial charge in [-0.1, -0.05) is 18.2 Å². The van der Waals surface area contributed by atoms with E-state index in [1.807, 2.05) is 17.4 Å². The molecule has 6 heteroatoms. The number of anilines is 1. The Morgan fingerprint density at radius 1 is 1.19 bits per heavy atom. The molecule has 0 saturated heterocycles.